The van der Waals surface area contributed by atoms with Crippen LogP contribution in [-0.4, -0.2) is 17.0 Å². The van der Waals surface area contributed by atoms with Crippen LogP contribution in [0.15, 0.2) is 0 Å². The first-order chi connectivity index (χ1) is 4.04. The first-order valence-electron chi connectivity index (χ1n) is 2.64. The molecule has 0 heterocycles. The van der Waals surface area contributed by atoms with Crippen molar-refractivity contribution in [1.29, 1.82) is 0 Å². The predicted molar refractivity (Wildman–Crippen MR) is 25.3 cm³/mol. The van der Waals surface area contributed by atoms with Crippen LogP contribution in [0.3, 0.4) is 0 Å². The topological polar surface area (TPSA) is 37.3 Å². The van der Waals surface area contributed by atoms with Crippen molar-refractivity contribution in [2.75, 3.05) is 0 Å². The summed E-state index contributed by atoms with van der Waals surface area (Å²) in [5, 5.41) is 8.09. The third-order valence-electron chi connectivity index (χ3n) is 1.57. The number of carboxylic acids is 1. The van der Waals surface area contributed by atoms with Gasteiger partial charge in [-0.25, -0.2) is 8.78 Å². The lowest BCUT2D eigenvalue weighted by Crippen LogP contribution is -2.43. The maximum atomic E-state index is 12.1. The molecule has 1 unspecified atom stereocenters. The molecule has 0 spiro atoms. The Bertz CT molecular complexity index is 144. The maximum Gasteiger partial charge on any atom is 0.312 e. The summed E-state index contributed by atoms with van der Waals surface area (Å²) in [6.07, 6.45) is -0.160. The van der Waals surface area contributed by atoms with Crippen molar-refractivity contribution < 1.29 is 18.7 Å². The summed E-state index contributed by atoms with van der Waals surface area (Å²) in [6.45, 7) is 0. The molecule has 0 aromatic heterocycles. The van der Waals surface area contributed by atoms with E-state index in [2.05, 4.69) is 0 Å². The fourth-order valence-corrected chi connectivity index (χ4v) is 0.811. The molecule has 1 aliphatic carbocycles. The van der Waals surface area contributed by atoms with E-state index in [1.54, 1.807) is 0 Å². The van der Waals surface area contributed by atoms with Crippen molar-refractivity contribution in [3.8, 4) is 0 Å². The third-order valence-corrected chi connectivity index (χ3v) is 1.57. The van der Waals surface area contributed by atoms with Crippen LogP contribution < -0.4 is 0 Å². The zero-order valence-electron chi connectivity index (χ0n) is 4.60. The van der Waals surface area contributed by atoms with Gasteiger partial charge in [0, 0.05) is 6.42 Å². The summed E-state index contributed by atoms with van der Waals surface area (Å²) >= 11 is 0. The van der Waals surface area contributed by atoms with Gasteiger partial charge in [0.15, 0.2) is 0 Å². The fraction of sp³-hybridized carbons (Fsp3) is 0.800. The molecule has 4 heteroatoms. The van der Waals surface area contributed by atoms with E-state index in [1.165, 1.54) is 0 Å². The number of rotatable bonds is 1. The van der Waals surface area contributed by atoms with Crippen LogP contribution in [0.5, 0.6) is 0 Å². The molecule has 1 aliphatic rings. The minimum Gasteiger partial charge on any atom is -0.481 e. The average Bonchev–Trinajstić information content (AvgIpc) is 1.62. The Hall–Kier alpha value is -0.670. The molecule has 52 valence electrons. The van der Waals surface area contributed by atoms with E-state index < -0.39 is 17.8 Å². The molecular weight excluding hydrogens is 130 g/mol. The molecule has 0 aromatic carbocycles. The van der Waals surface area contributed by atoms with Gasteiger partial charge in [-0.05, 0) is 6.42 Å². The summed E-state index contributed by atoms with van der Waals surface area (Å²) in [5.74, 6) is -5.74. The van der Waals surface area contributed by atoms with Crippen molar-refractivity contribution in [1.82, 2.24) is 0 Å². The van der Waals surface area contributed by atoms with Crippen LogP contribution in [0.25, 0.3) is 0 Å². The molecule has 9 heavy (non-hydrogen) atoms. The van der Waals surface area contributed by atoms with Gasteiger partial charge in [-0.2, -0.15) is 0 Å². The molecular formula is C5H6F2O2. The first-order valence-corrected chi connectivity index (χ1v) is 2.64. The molecule has 2 nitrogen and oxygen atoms in total. The van der Waals surface area contributed by atoms with Crippen LogP contribution in [0.2, 0.25) is 0 Å². The largest absolute Gasteiger partial charge is 0.481 e. The Balaban J connectivity index is 2.55. The van der Waals surface area contributed by atoms with Crippen LogP contribution in [0.1, 0.15) is 12.8 Å². The van der Waals surface area contributed by atoms with E-state index in [-0.39, 0.29) is 12.8 Å². The summed E-state index contributed by atoms with van der Waals surface area (Å²) in [7, 11) is 0. The summed E-state index contributed by atoms with van der Waals surface area (Å²) < 4.78 is 24.1. The highest BCUT2D eigenvalue weighted by Crippen LogP contribution is 2.43. The van der Waals surface area contributed by atoms with Crippen LogP contribution >= 0.6 is 0 Å². The number of carbonyl (C=O) groups is 1. The molecule has 0 aliphatic heterocycles. The molecule has 0 amide bonds. The second kappa shape index (κ2) is 1.65. The van der Waals surface area contributed by atoms with Gasteiger partial charge >= 0.3 is 5.97 Å². The molecule has 1 fully saturated rings. The first kappa shape index (κ1) is 6.45. The van der Waals surface area contributed by atoms with Gasteiger partial charge in [-0.15, -0.1) is 0 Å². The van der Waals surface area contributed by atoms with Crippen molar-refractivity contribution >= 4 is 5.97 Å². The Kier molecular flexibility index (Phi) is 1.18. The number of alkyl halides is 2. The smallest absolute Gasteiger partial charge is 0.312 e. The SMILES string of the molecule is O=C(O)C1CCC1(F)F. The van der Waals surface area contributed by atoms with Crippen molar-refractivity contribution in [2.24, 2.45) is 5.92 Å². The molecule has 0 saturated heterocycles. The molecule has 0 aromatic rings. The minimum absolute atomic E-state index is 0.113. The van der Waals surface area contributed by atoms with E-state index in [1.807, 2.05) is 0 Å². The lowest BCUT2D eigenvalue weighted by Gasteiger charge is -2.32. The lowest BCUT2D eigenvalue weighted by atomic mass is 9.81. The quantitative estimate of drug-likeness (QED) is 0.586. The Morgan fingerprint density at radius 3 is 2.22 bits per heavy atom. The Labute approximate surface area is 50.5 Å². The molecule has 1 saturated carbocycles. The van der Waals surface area contributed by atoms with Crippen LogP contribution in [-0.2, 0) is 4.79 Å². The van der Waals surface area contributed by atoms with E-state index in [4.69, 9.17) is 5.11 Å². The van der Waals surface area contributed by atoms with Gasteiger partial charge in [0.25, 0.3) is 5.92 Å². The van der Waals surface area contributed by atoms with Gasteiger partial charge in [0.1, 0.15) is 5.92 Å². The molecule has 0 radical (unpaired) electrons. The molecule has 1 atom stereocenters. The molecule has 1 N–H and O–H groups in total. The highest BCUT2D eigenvalue weighted by Gasteiger charge is 2.52. The van der Waals surface area contributed by atoms with E-state index >= 15 is 0 Å². The molecule has 1 rings (SSSR count). The predicted octanol–water partition coefficient (Wildman–Crippen LogP) is 1.12. The second-order valence-corrected chi connectivity index (χ2v) is 2.19. The minimum atomic E-state index is -2.94. The number of carboxylic acid groups (broad SMARTS) is 1. The second-order valence-electron chi connectivity index (χ2n) is 2.19. The van der Waals surface area contributed by atoms with E-state index in [0.29, 0.717) is 0 Å². The van der Waals surface area contributed by atoms with Gasteiger partial charge in [-0.3, -0.25) is 4.79 Å². The Morgan fingerprint density at radius 1 is 1.67 bits per heavy atom. The number of hydrogen-bond acceptors (Lipinski definition) is 1. The number of hydrogen-bond donors (Lipinski definition) is 1. The van der Waals surface area contributed by atoms with Gasteiger partial charge < -0.3 is 5.11 Å². The maximum absolute atomic E-state index is 12.1. The highest BCUT2D eigenvalue weighted by molar-refractivity contribution is 5.72. The van der Waals surface area contributed by atoms with Crippen molar-refractivity contribution in [3.63, 3.8) is 0 Å². The zero-order valence-corrected chi connectivity index (χ0v) is 4.60. The summed E-state index contributed by atoms with van der Waals surface area (Å²) in [6, 6.07) is 0. The Morgan fingerprint density at radius 2 is 2.22 bits per heavy atom. The fourth-order valence-electron chi connectivity index (χ4n) is 0.811. The van der Waals surface area contributed by atoms with Crippen LogP contribution in [0.4, 0.5) is 8.78 Å². The zero-order chi connectivity index (χ0) is 7.07. The normalized spacial score (nSPS) is 31.1. The lowest BCUT2D eigenvalue weighted by molar-refractivity contribution is -0.177. The summed E-state index contributed by atoms with van der Waals surface area (Å²) in [4.78, 5) is 9.92. The third kappa shape index (κ3) is 0.886. The van der Waals surface area contributed by atoms with Gasteiger partial charge in [-0.1, -0.05) is 0 Å². The number of halogens is 2. The summed E-state index contributed by atoms with van der Waals surface area (Å²) in [5.41, 5.74) is 0. The number of aliphatic carboxylic acids is 1. The van der Waals surface area contributed by atoms with E-state index in [9.17, 15) is 13.6 Å². The monoisotopic (exact) mass is 136 g/mol. The van der Waals surface area contributed by atoms with Crippen molar-refractivity contribution in [2.45, 2.75) is 18.8 Å². The standard InChI is InChI=1S/C5H6F2O2/c6-5(7)2-1-3(5)4(8)9/h3H,1-2H2,(H,8,9). The molecule has 0 bridgehead atoms. The van der Waals surface area contributed by atoms with Crippen LogP contribution in [0, 0.1) is 5.92 Å². The van der Waals surface area contributed by atoms with Gasteiger partial charge in [0.2, 0.25) is 0 Å². The average molecular weight is 136 g/mol. The highest BCUT2D eigenvalue weighted by atomic mass is 19.3. The van der Waals surface area contributed by atoms with Gasteiger partial charge in [0.05, 0.1) is 0 Å². The van der Waals surface area contributed by atoms with Crippen molar-refractivity contribution in [3.05, 3.63) is 0 Å². The van der Waals surface area contributed by atoms with E-state index in [0.717, 1.165) is 0 Å².